The van der Waals surface area contributed by atoms with Crippen LogP contribution < -0.4 is 4.74 Å². The first kappa shape index (κ1) is 11.1. The zero-order valence-corrected chi connectivity index (χ0v) is 9.29. The number of allylic oxidation sites excluding steroid dienone is 1. The minimum atomic E-state index is 0.430. The highest BCUT2D eigenvalue weighted by Gasteiger charge is 1.98. The lowest BCUT2D eigenvalue weighted by Crippen LogP contribution is -2.05. The molecule has 0 aromatic heterocycles. The Labute approximate surface area is 90.3 Å². The van der Waals surface area contributed by atoms with Gasteiger partial charge in [-0.1, -0.05) is 36.7 Å². The molecule has 0 spiro atoms. The van der Waals surface area contributed by atoms with Crippen LogP contribution in [0.3, 0.4) is 0 Å². The van der Waals surface area contributed by atoms with E-state index in [1.54, 1.807) is 0 Å². The lowest BCUT2D eigenvalue weighted by Gasteiger charge is -2.09. The third-order valence-electron chi connectivity index (χ3n) is 1.83. The Bertz CT molecular complexity index is 307. The molecular formula is C12H15ClO. The van der Waals surface area contributed by atoms with Crippen molar-refractivity contribution in [1.29, 1.82) is 0 Å². The van der Waals surface area contributed by atoms with Crippen LogP contribution in [-0.4, -0.2) is 6.61 Å². The molecule has 0 fully saturated rings. The quantitative estimate of drug-likeness (QED) is 0.685. The molecule has 1 aromatic rings. The molecule has 0 amide bonds. The first-order valence-electron chi connectivity index (χ1n) is 4.73. The van der Waals surface area contributed by atoms with Gasteiger partial charge in [0.05, 0.1) is 6.61 Å². The van der Waals surface area contributed by atoms with Crippen molar-refractivity contribution in [2.45, 2.75) is 13.8 Å². The van der Waals surface area contributed by atoms with Crippen molar-refractivity contribution in [2.24, 2.45) is 5.92 Å². The molecule has 0 N–H and O–H groups in total. The smallest absolute Gasteiger partial charge is 0.120 e. The summed E-state index contributed by atoms with van der Waals surface area (Å²) in [4.78, 5) is 0. The summed E-state index contributed by atoms with van der Waals surface area (Å²) < 4.78 is 5.57. The minimum Gasteiger partial charge on any atom is -0.493 e. The van der Waals surface area contributed by atoms with E-state index in [9.17, 15) is 0 Å². The van der Waals surface area contributed by atoms with Crippen molar-refractivity contribution in [2.75, 3.05) is 6.61 Å². The van der Waals surface area contributed by atoms with Crippen molar-refractivity contribution in [3.05, 3.63) is 41.4 Å². The first-order valence-corrected chi connectivity index (χ1v) is 5.11. The highest BCUT2D eigenvalue weighted by atomic mass is 35.5. The SMILES string of the molecule is C/C=C\C(C)COc1cccc(Cl)c1. The molecule has 0 saturated carbocycles. The van der Waals surface area contributed by atoms with Crippen LogP contribution in [0.2, 0.25) is 5.02 Å². The van der Waals surface area contributed by atoms with Gasteiger partial charge < -0.3 is 4.74 Å². The number of rotatable bonds is 4. The summed E-state index contributed by atoms with van der Waals surface area (Å²) in [6.45, 7) is 4.81. The van der Waals surface area contributed by atoms with Gasteiger partial charge in [0.25, 0.3) is 0 Å². The molecule has 76 valence electrons. The van der Waals surface area contributed by atoms with E-state index in [0.717, 1.165) is 5.75 Å². The van der Waals surface area contributed by atoms with E-state index in [-0.39, 0.29) is 0 Å². The van der Waals surface area contributed by atoms with Gasteiger partial charge in [-0.15, -0.1) is 0 Å². The molecule has 1 unspecified atom stereocenters. The van der Waals surface area contributed by atoms with Crippen LogP contribution in [0.15, 0.2) is 36.4 Å². The van der Waals surface area contributed by atoms with Crippen LogP contribution in [0.25, 0.3) is 0 Å². The van der Waals surface area contributed by atoms with Crippen molar-refractivity contribution in [3.63, 3.8) is 0 Å². The van der Waals surface area contributed by atoms with E-state index in [1.807, 2.05) is 37.3 Å². The lowest BCUT2D eigenvalue weighted by atomic mass is 10.2. The van der Waals surface area contributed by atoms with Crippen LogP contribution in [-0.2, 0) is 0 Å². The van der Waals surface area contributed by atoms with Crippen LogP contribution in [0.5, 0.6) is 5.75 Å². The second kappa shape index (κ2) is 5.71. The van der Waals surface area contributed by atoms with Crippen LogP contribution in [0.1, 0.15) is 13.8 Å². The number of hydrogen-bond acceptors (Lipinski definition) is 1. The number of ether oxygens (including phenoxy) is 1. The normalized spacial score (nSPS) is 13.1. The molecule has 0 radical (unpaired) electrons. The average molecular weight is 211 g/mol. The molecule has 1 atom stereocenters. The molecule has 1 aromatic carbocycles. The fraction of sp³-hybridized carbons (Fsp3) is 0.333. The molecule has 14 heavy (non-hydrogen) atoms. The van der Waals surface area contributed by atoms with E-state index in [4.69, 9.17) is 16.3 Å². The maximum Gasteiger partial charge on any atom is 0.120 e. The maximum absolute atomic E-state index is 5.83. The highest BCUT2D eigenvalue weighted by Crippen LogP contribution is 2.17. The molecule has 0 heterocycles. The van der Waals surface area contributed by atoms with Gasteiger partial charge in [0.15, 0.2) is 0 Å². The summed E-state index contributed by atoms with van der Waals surface area (Å²) in [6, 6.07) is 7.46. The summed E-state index contributed by atoms with van der Waals surface area (Å²) >= 11 is 5.83. The van der Waals surface area contributed by atoms with Crippen LogP contribution in [0.4, 0.5) is 0 Å². The monoisotopic (exact) mass is 210 g/mol. The molecular weight excluding hydrogens is 196 g/mol. The fourth-order valence-corrected chi connectivity index (χ4v) is 1.35. The third kappa shape index (κ3) is 3.84. The van der Waals surface area contributed by atoms with Gasteiger partial charge in [-0.25, -0.2) is 0 Å². The Morgan fingerprint density at radius 3 is 2.93 bits per heavy atom. The minimum absolute atomic E-state index is 0.430. The van der Waals surface area contributed by atoms with Crippen molar-refractivity contribution in [1.82, 2.24) is 0 Å². The molecule has 1 nitrogen and oxygen atoms in total. The zero-order chi connectivity index (χ0) is 10.4. The fourth-order valence-electron chi connectivity index (χ4n) is 1.17. The topological polar surface area (TPSA) is 9.23 Å². The van der Waals surface area contributed by atoms with Crippen molar-refractivity contribution >= 4 is 11.6 Å². The number of hydrogen-bond donors (Lipinski definition) is 0. The van der Waals surface area contributed by atoms with Gasteiger partial charge in [-0.3, -0.25) is 0 Å². The van der Waals surface area contributed by atoms with E-state index in [1.165, 1.54) is 0 Å². The second-order valence-corrected chi connectivity index (χ2v) is 3.71. The number of benzene rings is 1. The van der Waals surface area contributed by atoms with E-state index >= 15 is 0 Å². The second-order valence-electron chi connectivity index (χ2n) is 3.27. The van der Waals surface area contributed by atoms with E-state index in [0.29, 0.717) is 17.5 Å². The Hall–Kier alpha value is -0.950. The molecule has 0 aliphatic rings. The van der Waals surface area contributed by atoms with Crippen LogP contribution >= 0.6 is 11.6 Å². The molecule has 0 saturated heterocycles. The summed E-state index contributed by atoms with van der Waals surface area (Å²) in [5.41, 5.74) is 0. The standard InChI is InChI=1S/C12H15ClO/c1-3-5-10(2)9-14-12-7-4-6-11(13)8-12/h3-8,10H,9H2,1-2H3/b5-3-. The summed E-state index contributed by atoms with van der Waals surface area (Å²) in [7, 11) is 0. The predicted octanol–water partition coefficient (Wildman–Crippen LogP) is 3.93. The Balaban J connectivity index is 2.45. The van der Waals surface area contributed by atoms with Crippen LogP contribution in [0, 0.1) is 5.92 Å². The maximum atomic E-state index is 5.83. The summed E-state index contributed by atoms with van der Waals surface area (Å²) in [5.74, 6) is 1.26. The molecule has 1 rings (SSSR count). The van der Waals surface area contributed by atoms with Gasteiger partial charge in [0.2, 0.25) is 0 Å². The molecule has 0 aliphatic carbocycles. The van der Waals surface area contributed by atoms with Gasteiger partial charge in [0.1, 0.15) is 5.75 Å². The van der Waals surface area contributed by atoms with Crippen molar-refractivity contribution in [3.8, 4) is 5.75 Å². The molecule has 0 bridgehead atoms. The van der Waals surface area contributed by atoms with E-state index in [2.05, 4.69) is 13.0 Å². The third-order valence-corrected chi connectivity index (χ3v) is 2.07. The largest absolute Gasteiger partial charge is 0.493 e. The molecule has 2 heteroatoms. The van der Waals surface area contributed by atoms with E-state index < -0.39 is 0 Å². The summed E-state index contributed by atoms with van der Waals surface area (Å²) in [5, 5.41) is 0.709. The van der Waals surface area contributed by atoms with Gasteiger partial charge in [0, 0.05) is 10.9 Å². The Morgan fingerprint density at radius 1 is 1.50 bits per heavy atom. The predicted molar refractivity (Wildman–Crippen MR) is 60.9 cm³/mol. The van der Waals surface area contributed by atoms with Gasteiger partial charge in [-0.2, -0.15) is 0 Å². The number of halogens is 1. The molecule has 0 aliphatic heterocycles. The van der Waals surface area contributed by atoms with Gasteiger partial charge >= 0.3 is 0 Å². The average Bonchev–Trinajstić information content (AvgIpc) is 2.15. The Kier molecular flexibility index (Phi) is 4.54. The zero-order valence-electron chi connectivity index (χ0n) is 8.53. The lowest BCUT2D eigenvalue weighted by molar-refractivity contribution is 0.285. The van der Waals surface area contributed by atoms with Crippen molar-refractivity contribution < 1.29 is 4.74 Å². The first-order chi connectivity index (χ1) is 6.72. The summed E-state index contributed by atoms with van der Waals surface area (Å²) in [6.07, 6.45) is 4.15. The van der Waals surface area contributed by atoms with Gasteiger partial charge in [-0.05, 0) is 25.1 Å². The Morgan fingerprint density at radius 2 is 2.29 bits per heavy atom. The highest BCUT2D eigenvalue weighted by molar-refractivity contribution is 6.30.